The summed E-state index contributed by atoms with van der Waals surface area (Å²) in [6.07, 6.45) is 3.25. The molecule has 1 atom stereocenters. The van der Waals surface area contributed by atoms with Gasteiger partial charge in [0.2, 0.25) is 0 Å². The Balaban J connectivity index is 2.60. The highest BCUT2D eigenvalue weighted by molar-refractivity contribution is 9.12. The first-order valence-electron chi connectivity index (χ1n) is 4.70. The molecular weight excluding hydrogens is 246 g/mol. The second kappa shape index (κ2) is 6.05. The Morgan fingerprint density at radius 3 is 3.07 bits per heavy atom. The van der Waals surface area contributed by atoms with Gasteiger partial charge in [-0.15, -0.1) is 0 Å². The molecule has 0 aromatic rings. The van der Waals surface area contributed by atoms with Gasteiger partial charge in [-0.3, -0.25) is 4.79 Å². The number of methoxy groups -OCH3 is 1. The van der Waals surface area contributed by atoms with E-state index >= 15 is 0 Å². The summed E-state index contributed by atoms with van der Waals surface area (Å²) in [6, 6.07) is 0.203. The molecule has 1 aliphatic heterocycles. The number of nitrogens with zero attached hydrogens (tertiary/aromatic N) is 1. The number of hydrogen-bond acceptors (Lipinski definition) is 2. The Kier molecular flexibility index (Phi) is 4.99. The highest BCUT2D eigenvalue weighted by Gasteiger charge is 2.25. The summed E-state index contributed by atoms with van der Waals surface area (Å²) in [7, 11) is 1.66. The lowest BCUT2D eigenvalue weighted by atomic mass is 10.0. The monoisotopic (exact) mass is 259 g/mol. The smallest absolute Gasteiger partial charge is 0.299 e. The van der Waals surface area contributed by atoms with Crippen LogP contribution in [0.2, 0.25) is 0 Å². The standard InChI is InChI=1S/C10H14BrNO2/c1-14-8-9-4-2-3-7-12(9)10(13)5-6-11/h9H,2-4,7-8H2,1H3. The molecule has 0 saturated carbocycles. The molecule has 4 heteroatoms. The van der Waals surface area contributed by atoms with Gasteiger partial charge in [0, 0.05) is 35.5 Å². The van der Waals surface area contributed by atoms with Crippen LogP contribution in [0.25, 0.3) is 0 Å². The first kappa shape index (κ1) is 11.5. The minimum Gasteiger partial charge on any atom is -0.383 e. The van der Waals surface area contributed by atoms with Gasteiger partial charge < -0.3 is 9.64 Å². The van der Waals surface area contributed by atoms with Gasteiger partial charge in [0.05, 0.1) is 12.6 Å². The van der Waals surface area contributed by atoms with Crippen molar-refractivity contribution in [1.29, 1.82) is 0 Å². The normalized spacial score (nSPS) is 21.3. The van der Waals surface area contributed by atoms with Crippen LogP contribution in [0.15, 0.2) is 0 Å². The van der Waals surface area contributed by atoms with Crippen LogP contribution in [-0.2, 0) is 9.53 Å². The number of piperidine rings is 1. The van der Waals surface area contributed by atoms with E-state index in [4.69, 9.17) is 4.74 Å². The first-order valence-corrected chi connectivity index (χ1v) is 5.50. The van der Waals surface area contributed by atoms with Gasteiger partial charge in [0.25, 0.3) is 5.91 Å². The molecule has 1 heterocycles. The Morgan fingerprint density at radius 1 is 1.64 bits per heavy atom. The summed E-state index contributed by atoms with van der Waals surface area (Å²) < 4.78 is 5.09. The lowest BCUT2D eigenvalue weighted by Gasteiger charge is -2.33. The largest absolute Gasteiger partial charge is 0.383 e. The van der Waals surface area contributed by atoms with Crippen LogP contribution < -0.4 is 0 Å². The number of carbonyl (C=O) groups excluding carboxylic acids is 1. The van der Waals surface area contributed by atoms with Crippen LogP contribution in [0, 0.1) is 10.8 Å². The number of halogens is 1. The van der Waals surface area contributed by atoms with E-state index in [2.05, 4.69) is 26.7 Å². The highest BCUT2D eigenvalue weighted by Crippen LogP contribution is 2.17. The second-order valence-corrected chi connectivity index (χ2v) is 3.72. The van der Waals surface area contributed by atoms with Gasteiger partial charge in [-0.2, -0.15) is 0 Å². The molecule has 1 unspecified atom stereocenters. The molecule has 1 rings (SSSR count). The van der Waals surface area contributed by atoms with E-state index < -0.39 is 0 Å². The van der Waals surface area contributed by atoms with E-state index in [1.165, 1.54) is 6.42 Å². The SMILES string of the molecule is COCC1CCCCN1C(=O)C#CBr. The van der Waals surface area contributed by atoms with Crippen molar-refractivity contribution in [2.75, 3.05) is 20.3 Å². The first-order chi connectivity index (χ1) is 6.79. The predicted molar refractivity (Wildman–Crippen MR) is 57.9 cm³/mol. The van der Waals surface area contributed by atoms with Crippen molar-refractivity contribution in [2.45, 2.75) is 25.3 Å². The van der Waals surface area contributed by atoms with Crippen molar-refractivity contribution in [2.24, 2.45) is 0 Å². The number of ether oxygens (including phenoxy) is 1. The average Bonchev–Trinajstić information content (AvgIpc) is 2.19. The van der Waals surface area contributed by atoms with E-state index in [0.717, 1.165) is 19.4 Å². The van der Waals surface area contributed by atoms with Crippen LogP contribution >= 0.6 is 15.9 Å². The van der Waals surface area contributed by atoms with E-state index in [1.807, 2.05) is 0 Å². The Bertz CT molecular complexity index is 255. The summed E-state index contributed by atoms with van der Waals surface area (Å²) in [4.78, 5) is 15.8. The Labute approximate surface area is 92.9 Å². The molecule has 1 amide bonds. The van der Waals surface area contributed by atoms with Gasteiger partial charge in [-0.05, 0) is 24.1 Å². The van der Waals surface area contributed by atoms with Gasteiger partial charge >= 0.3 is 0 Å². The molecule has 3 nitrogen and oxygen atoms in total. The fraction of sp³-hybridized carbons (Fsp3) is 0.700. The van der Waals surface area contributed by atoms with Crippen molar-refractivity contribution in [1.82, 2.24) is 4.90 Å². The summed E-state index contributed by atoms with van der Waals surface area (Å²) in [5.41, 5.74) is 0. The van der Waals surface area contributed by atoms with E-state index in [9.17, 15) is 4.79 Å². The van der Waals surface area contributed by atoms with Crippen LogP contribution in [0.3, 0.4) is 0 Å². The maximum atomic E-state index is 11.6. The zero-order valence-electron chi connectivity index (χ0n) is 8.25. The molecule has 0 spiro atoms. The van der Waals surface area contributed by atoms with Gasteiger partial charge in [-0.1, -0.05) is 0 Å². The molecule has 1 aliphatic rings. The molecule has 0 aromatic carbocycles. The van der Waals surface area contributed by atoms with Crippen molar-refractivity contribution in [3.05, 3.63) is 0 Å². The molecule has 14 heavy (non-hydrogen) atoms. The van der Waals surface area contributed by atoms with Gasteiger partial charge in [0.15, 0.2) is 0 Å². The third kappa shape index (κ3) is 3.00. The summed E-state index contributed by atoms with van der Waals surface area (Å²) in [5.74, 6) is 2.39. The second-order valence-electron chi connectivity index (χ2n) is 3.32. The third-order valence-corrected chi connectivity index (χ3v) is 2.60. The molecule has 1 fully saturated rings. The minimum absolute atomic E-state index is 0.108. The number of likely N-dealkylation sites (tertiary alicyclic amines) is 1. The lowest BCUT2D eigenvalue weighted by molar-refractivity contribution is -0.129. The summed E-state index contributed by atoms with van der Waals surface area (Å²) in [5, 5.41) is 0. The minimum atomic E-state index is -0.108. The van der Waals surface area contributed by atoms with Crippen LogP contribution in [-0.4, -0.2) is 37.1 Å². The average molecular weight is 260 g/mol. The quantitative estimate of drug-likeness (QED) is 0.702. The van der Waals surface area contributed by atoms with Crippen molar-refractivity contribution in [3.63, 3.8) is 0 Å². The molecule has 0 radical (unpaired) electrons. The molecule has 1 saturated heterocycles. The molecule has 0 N–H and O–H groups in total. The summed E-state index contributed by atoms with van der Waals surface area (Å²) in [6.45, 7) is 1.41. The topological polar surface area (TPSA) is 29.5 Å². The Morgan fingerprint density at radius 2 is 2.43 bits per heavy atom. The Hall–Kier alpha value is -0.530. The highest BCUT2D eigenvalue weighted by atomic mass is 79.9. The number of hydrogen-bond donors (Lipinski definition) is 0. The van der Waals surface area contributed by atoms with Crippen molar-refractivity contribution >= 4 is 21.8 Å². The molecule has 78 valence electrons. The van der Waals surface area contributed by atoms with E-state index in [-0.39, 0.29) is 11.9 Å². The molecule has 0 aromatic heterocycles. The molecule has 0 aliphatic carbocycles. The zero-order chi connectivity index (χ0) is 10.4. The lowest BCUT2D eigenvalue weighted by Crippen LogP contribution is -2.45. The van der Waals surface area contributed by atoms with Crippen LogP contribution in [0.1, 0.15) is 19.3 Å². The van der Waals surface area contributed by atoms with E-state index in [1.54, 1.807) is 12.0 Å². The maximum Gasteiger partial charge on any atom is 0.299 e. The third-order valence-electron chi connectivity index (χ3n) is 2.40. The number of rotatable bonds is 2. The van der Waals surface area contributed by atoms with Gasteiger partial charge in [-0.25, -0.2) is 0 Å². The van der Waals surface area contributed by atoms with Crippen LogP contribution in [0.5, 0.6) is 0 Å². The zero-order valence-corrected chi connectivity index (χ0v) is 9.84. The fourth-order valence-electron chi connectivity index (χ4n) is 1.75. The summed E-state index contributed by atoms with van der Waals surface area (Å²) >= 11 is 2.94. The van der Waals surface area contributed by atoms with Crippen molar-refractivity contribution < 1.29 is 9.53 Å². The maximum absolute atomic E-state index is 11.6. The van der Waals surface area contributed by atoms with Crippen LogP contribution in [0.4, 0.5) is 0 Å². The number of amides is 1. The fourth-order valence-corrected chi connectivity index (χ4v) is 1.92. The van der Waals surface area contributed by atoms with Crippen molar-refractivity contribution in [3.8, 4) is 10.8 Å². The molecular formula is C10H14BrNO2. The molecule has 0 bridgehead atoms. The predicted octanol–water partition coefficient (Wildman–Crippen LogP) is 1.37. The van der Waals surface area contributed by atoms with E-state index in [0.29, 0.717) is 6.61 Å². The number of carbonyl (C=O) groups is 1. The van der Waals surface area contributed by atoms with Gasteiger partial charge in [0.1, 0.15) is 0 Å².